The number of piperidine rings is 1. The molecule has 0 amide bonds. The van der Waals surface area contributed by atoms with Gasteiger partial charge in [0.15, 0.2) is 5.75 Å². The van der Waals surface area contributed by atoms with Crippen LogP contribution in [0.15, 0.2) is 6.07 Å². The van der Waals surface area contributed by atoms with Crippen molar-refractivity contribution in [1.29, 1.82) is 5.26 Å². The van der Waals surface area contributed by atoms with E-state index in [9.17, 15) is 17.2 Å². The average Bonchev–Trinajstić information content (AvgIpc) is 3.05. The minimum Gasteiger partial charge on any atom is -0.369 e. The first kappa shape index (κ1) is 23.1. The number of nitrogens with zero attached hydrogens (tertiary/aromatic N) is 2. The molecule has 1 aliphatic carbocycles. The molecule has 172 valence electrons. The molecule has 1 aromatic rings. The summed E-state index contributed by atoms with van der Waals surface area (Å²) in [5.74, 6) is -0.0585. The van der Waals surface area contributed by atoms with Gasteiger partial charge in [-0.25, -0.2) is 21.9 Å². The minimum absolute atomic E-state index is 0.0709. The molecule has 2 fully saturated rings. The number of hydrogen-bond donors (Lipinski definition) is 1. The van der Waals surface area contributed by atoms with Crippen molar-refractivity contribution < 1.29 is 21.9 Å². The van der Waals surface area contributed by atoms with Gasteiger partial charge in [0.05, 0.1) is 12.7 Å². The summed E-state index contributed by atoms with van der Waals surface area (Å²) in [5, 5.41) is 8.59. The number of fused-ring (bicyclic) bond motifs is 2. The summed E-state index contributed by atoms with van der Waals surface area (Å²) >= 11 is 1.50. The monoisotopic (exact) mass is 473 g/mol. The maximum atomic E-state index is 12.9. The topological polar surface area (TPSA) is 82.4 Å². The Morgan fingerprint density at radius 1 is 1.45 bits per heavy atom. The van der Waals surface area contributed by atoms with Crippen molar-refractivity contribution in [2.45, 2.75) is 69.6 Å². The Hall–Kier alpha value is -1.12. The van der Waals surface area contributed by atoms with Gasteiger partial charge in [0.25, 0.3) is 0 Å². The predicted octanol–water partition coefficient (Wildman–Crippen LogP) is 3.03. The molecule has 1 N–H and O–H groups in total. The fourth-order valence-corrected chi connectivity index (χ4v) is 7.64. The lowest BCUT2D eigenvalue weighted by Gasteiger charge is -2.49. The molecule has 0 aromatic carbocycles. The van der Waals surface area contributed by atoms with Crippen molar-refractivity contribution in [2.75, 3.05) is 25.4 Å². The number of likely N-dealkylation sites (tertiary alicyclic amines) is 1. The molecule has 4 rings (SSSR count). The second-order valence-electron chi connectivity index (χ2n) is 9.12. The molecular weight excluding hydrogens is 444 g/mol. The lowest BCUT2D eigenvalue weighted by molar-refractivity contribution is -0.112. The third-order valence-electron chi connectivity index (χ3n) is 6.76. The standard InChI is InChI=1S/C21H29F2N3O3S2/c1-14-12-21(20-16(2-6-29-21)10-18(30-20)11-19(22)23)3-5-26(14)13-15-8-17(9-15)25-31(27,28)7-4-24/h10,14-15,17,19,25H,2-3,5-9,11-13H2,1H3/t14-,15?,17?,21+/m0/s1. The Morgan fingerprint density at radius 2 is 2.23 bits per heavy atom. The fourth-order valence-electron chi connectivity index (χ4n) is 5.29. The van der Waals surface area contributed by atoms with Crippen LogP contribution in [0.2, 0.25) is 0 Å². The van der Waals surface area contributed by atoms with E-state index in [4.69, 9.17) is 10.00 Å². The molecule has 1 aromatic heterocycles. The highest BCUT2D eigenvalue weighted by molar-refractivity contribution is 7.89. The summed E-state index contributed by atoms with van der Waals surface area (Å²) in [4.78, 5) is 4.34. The number of alkyl halides is 2. The summed E-state index contributed by atoms with van der Waals surface area (Å²) in [5.41, 5.74) is 0.822. The van der Waals surface area contributed by atoms with Crippen molar-refractivity contribution in [3.8, 4) is 6.07 Å². The average molecular weight is 474 g/mol. The van der Waals surface area contributed by atoms with Crippen LogP contribution in [0, 0.1) is 17.2 Å². The van der Waals surface area contributed by atoms with Crippen molar-refractivity contribution in [2.24, 2.45) is 5.92 Å². The molecule has 10 heteroatoms. The molecule has 31 heavy (non-hydrogen) atoms. The normalized spacial score (nSPS) is 31.4. The summed E-state index contributed by atoms with van der Waals surface area (Å²) in [6.45, 7) is 4.63. The minimum atomic E-state index is -3.50. The molecule has 1 saturated heterocycles. The largest absolute Gasteiger partial charge is 0.369 e. The second-order valence-corrected chi connectivity index (χ2v) is 12.0. The van der Waals surface area contributed by atoms with E-state index in [1.54, 1.807) is 6.07 Å². The van der Waals surface area contributed by atoms with E-state index >= 15 is 0 Å². The van der Waals surface area contributed by atoms with Gasteiger partial charge in [-0.3, -0.25) is 0 Å². The lowest BCUT2D eigenvalue weighted by Crippen LogP contribution is -2.54. The summed E-state index contributed by atoms with van der Waals surface area (Å²) < 4.78 is 58.1. The number of rotatable bonds is 7. The van der Waals surface area contributed by atoms with Crippen LogP contribution in [0.1, 0.15) is 47.9 Å². The first-order valence-electron chi connectivity index (χ1n) is 10.8. The smallest absolute Gasteiger partial charge is 0.243 e. The van der Waals surface area contributed by atoms with Crippen LogP contribution in [0.5, 0.6) is 0 Å². The summed E-state index contributed by atoms with van der Waals surface area (Å²) in [7, 11) is -3.50. The maximum absolute atomic E-state index is 12.9. The number of halogens is 2. The third kappa shape index (κ3) is 5.11. The van der Waals surface area contributed by atoms with Gasteiger partial charge in [0.2, 0.25) is 16.4 Å². The number of nitriles is 1. The first-order valence-corrected chi connectivity index (χ1v) is 13.3. The van der Waals surface area contributed by atoms with Crippen LogP contribution < -0.4 is 4.72 Å². The van der Waals surface area contributed by atoms with Gasteiger partial charge in [0.1, 0.15) is 5.60 Å². The molecule has 1 saturated carbocycles. The van der Waals surface area contributed by atoms with Crippen LogP contribution >= 0.6 is 11.3 Å². The highest BCUT2D eigenvalue weighted by Crippen LogP contribution is 2.47. The van der Waals surface area contributed by atoms with Crippen LogP contribution in [0.4, 0.5) is 8.78 Å². The molecule has 2 atom stereocenters. The highest BCUT2D eigenvalue weighted by Gasteiger charge is 2.45. The van der Waals surface area contributed by atoms with Crippen LogP contribution in [0.3, 0.4) is 0 Å². The van der Waals surface area contributed by atoms with E-state index in [2.05, 4.69) is 16.5 Å². The highest BCUT2D eigenvalue weighted by atomic mass is 32.2. The van der Waals surface area contributed by atoms with Gasteiger partial charge in [-0.15, -0.1) is 11.3 Å². The zero-order valence-electron chi connectivity index (χ0n) is 17.6. The van der Waals surface area contributed by atoms with E-state index in [0.717, 1.165) is 54.9 Å². The van der Waals surface area contributed by atoms with Gasteiger partial charge in [0, 0.05) is 41.3 Å². The molecule has 6 nitrogen and oxygen atoms in total. The number of thiophene rings is 1. The van der Waals surface area contributed by atoms with Crippen LogP contribution in [-0.4, -0.2) is 57.3 Å². The van der Waals surface area contributed by atoms with E-state index in [0.29, 0.717) is 18.6 Å². The van der Waals surface area contributed by atoms with Crippen molar-refractivity contribution >= 4 is 21.4 Å². The third-order valence-corrected chi connectivity index (χ3v) is 9.35. The van der Waals surface area contributed by atoms with E-state index in [-0.39, 0.29) is 18.1 Å². The van der Waals surface area contributed by atoms with Crippen molar-refractivity contribution in [3.63, 3.8) is 0 Å². The quantitative estimate of drug-likeness (QED) is 0.658. The Balaban J connectivity index is 1.33. The van der Waals surface area contributed by atoms with Gasteiger partial charge < -0.3 is 9.64 Å². The van der Waals surface area contributed by atoms with Crippen LogP contribution in [0.25, 0.3) is 0 Å². The fraction of sp³-hybridized carbons (Fsp3) is 0.762. The molecule has 0 bridgehead atoms. The lowest BCUT2D eigenvalue weighted by atomic mass is 9.78. The van der Waals surface area contributed by atoms with Gasteiger partial charge in [-0.05, 0) is 56.6 Å². The predicted molar refractivity (Wildman–Crippen MR) is 115 cm³/mol. The number of hydrogen-bond acceptors (Lipinski definition) is 6. The van der Waals surface area contributed by atoms with E-state index in [1.165, 1.54) is 16.9 Å². The summed E-state index contributed by atoms with van der Waals surface area (Å²) in [6, 6.07) is 3.87. The Labute approximate surface area is 186 Å². The zero-order chi connectivity index (χ0) is 22.2. The molecule has 0 unspecified atom stereocenters. The van der Waals surface area contributed by atoms with Gasteiger partial charge in [-0.1, -0.05) is 0 Å². The summed E-state index contributed by atoms with van der Waals surface area (Å²) in [6.07, 6.45) is 1.57. The van der Waals surface area contributed by atoms with Crippen molar-refractivity contribution in [1.82, 2.24) is 9.62 Å². The zero-order valence-corrected chi connectivity index (χ0v) is 19.3. The number of ether oxygens (including phenoxy) is 1. The maximum Gasteiger partial charge on any atom is 0.243 e. The molecule has 1 spiro atoms. The van der Waals surface area contributed by atoms with Crippen molar-refractivity contribution in [3.05, 3.63) is 21.4 Å². The second kappa shape index (κ2) is 9.02. The van der Waals surface area contributed by atoms with E-state index in [1.807, 2.05) is 6.07 Å². The SMILES string of the molecule is C[C@H]1C[C@@]2(CCN1CC1CC(NS(=O)(=O)CC#N)C1)OCCc1cc(CC(F)F)sc12. The van der Waals surface area contributed by atoms with Gasteiger partial charge >= 0.3 is 0 Å². The van der Waals surface area contributed by atoms with E-state index < -0.39 is 22.2 Å². The Bertz CT molecular complexity index is 940. The molecule has 3 aliphatic rings. The molecule has 2 aliphatic heterocycles. The first-order chi connectivity index (χ1) is 14.7. The van der Waals surface area contributed by atoms with Crippen LogP contribution in [-0.2, 0) is 33.2 Å². The molecular formula is C21H29F2N3O3S2. The number of sulfonamides is 1. The Morgan fingerprint density at radius 3 is 2.90 bits per heavy atom. The molecule has 0 radical (unpaired) electrons. The Kier molecular flexibility index (Phi) is 6.71. The number of nitrogens with one attached hydrogen (secondary N) is 1. The molecule has 3 heterocycles. The van der Waals surface area contributed by atoms with Gasteiger partial charge in [-0.2, -0.15) is 5.26 Å².